The molecule has 0 aliphatic heterocycles. The van der Waals surface area contributed by atoms with E-state index < -0.39 is 29.4 Å². The Morgan fingerprint density at radius 1 is 0.784 bits per heavy atom. The number of carboxylic acid groups (broad SMARTS) is 1. The van der Waals surface area contributed by atoms with E-state index in [0.717, 1.165) is 32.1 Å². The van der Waals surface area contributed by atoms with Gasteiger partial charge < -0.3 is 20.3 Å². The Morgan fingerprint density at radius 3 is 1.65 bits per heavy atom. The lowest BCUT2D eigenvalue weighted by Gasteiger charge is -2.28. The summed E-state index contributed by atoms with van der Waals surface area (Å²) in [6.07, 6.45) is 29.0. The molecule has 0 aliphatic rings. The van der Waals surface area contributed by atoms with Crippen LogP contribution < -0.4 is 5.32 Å². The van der Waals surface area contributed by atoms with Crippen LogP contribution in [0.3, 0.4) is 0 Å². The number of ether oxygens (including phenoxy) is 1. The molecule has 3 N–H and O–H groups in total. The van der Waals surface area contributed by atoms with Crippen LogP contribution >= 0.6 is 0 Å². The van der Waals surface area contributed by atoms with Crippen LogP contribution in [-0.2, 0) is 19.1 Å². The smallest absolute Gasteiger partial charge is 0.309 e. The van der Waals surface area contributed by atoms with Crippen LogP contribution in [0.4, 0.5) is 0 Å². The lowest BCUT2D eigenvalue weighted by molar-refractivity contribution is -0.152. The Balaban J connectivity index is 3.99. The zero-order valence-corrected chi connectivity index (χ0v) is 22.6. The zero-order chi connectivity index (χ0) is 27.8. The molecule has 0 aromatic heterocycles. The van der Waals surface area contributed by atoms with Gasteiger partial charge >= 0.3 is 11.9 Å². The van der Waals surface area contributed by atoms with Crippen LogP contribution in [0.2, 0.25) is 0 Å². The molecule has 1 atom stereocenters. The number of aliphatic hydroxyl groups is 1. The maximum absolute atomic E-state index is 11.9. The topological polar surface area (TPSA) is 113 Å². The fourth-order valence-corrected chi connectivity index (χ4v) is 2.85. The number of nitrogens with one attached hydrogen (secondary N) is 1. The summed E-state index contributed by atoms with van der Waals surface area (Å²) in [5.41, 5.74) is -1.01. The molecule has 0 aliphatic carbocycles. The van der Waals surface area contributed by atoms with Crippen molar-refractivity contribution in [1.29, 1.82) is 0 Å². The van der Waals surface area contributed by atoms with Crippen molar-refractivity contribution in [2.45, 2.75) is 78.2 Å². The van der Waals surface area contributed by atoms with Gasteiger partial charge in [0.05, 0.1) is 19.4 Å². The molecule has 0 spiro atoms. The number of amides is 1. The van der Waals surface area contributed by atoms with E-state index in [1.165, 1.54) is 0 Å². The summed E-state index contributed by atoms with van der Waals surface area (Å²) in [5, 5.41) is 21.1. The second-order valence-corrected chi connectivity index (χ2v) is 9.11. The van der Waals surface area contributed by atoms with Crippen LogP contribution in [-0.4, -0.2) is 47.3 Å². The van der Waals surface area contributed by atoms with Gasteiger partial charge in [0.1, 0.15) is 6.10 Å². The van der Waals surface area contributed by atoms with Crippen LogP contribution in [0.5, 0.6) is 0 Å². The van der Waals surface area contributed by atoms with Crippen molar-refractivity contribution in [1.82, 2.24) is 5.32 Å². The van der Waals surface area contributed by atoms with Crippen molar-refractivity contribution in [3.05, 3.63) is 72.9 Å². The molecular weight excluding hydrogens is 470 g/mol. The highest BCUT2D eigenvalue weighted by Crippen LogP contribution is 2.21. The Morgan fingerprint density at radius 2 is 1.22 bits per heavy atom. The van der Waals surface area contributed by atoms with Crippen molar-refractivity contribution in [3.8, 4) is 0 Å². The summed E-state index contributed by atoms with van der Waals surface area (Å²) in [4.78, 5) is 34.4. The molecule has 0 radical (unpaired) electrons. The maximum Gasteiger partial charge on any atom is 0.309 e. The normalized spacial score (nSPS) is 13.6. The van der Waals surface area contributed by atoms with Gasteiger partial charge in [-0.15, -0.1) is 0 Å². The molecule has 206 valence electrons. The highest BCUT2D eigenvalue weighted by molar-refractivity contribution is 5.82. The minimum Gasteiger partial charge on any atom is -0.481 e. The average Bonchev–Trinajstić information content (AvgIpc) is 2.86. The number of aliphatic carboxylic acids is 1. The number of esters is 1. The third kappa shape index (κ3) is 20.7. The monoisotopic (exact) mass is 515 g/mol. The van der Waals surface area contributed by atoms with Gasteiger partial charge in [-0.25, -0.2) is 0 Å². The lowest BCUT2D eigenvalue weighted by atomic mass is 9.87. The molecule has 1 amide bonds. The minimum atomic E-state index is -1.43. The molecule has 0 fully saturated rings. The molecule has 0 bridgehead atoms. The third-order valence-electron chi connectivity index (χ3n) is 5.11. The molecule has 0 saturated heterocycles. The molecular formula is C30H45NO6. The fourth-order valence-electron chi connectivity index (χ4n) is 2.85. The molecule has 0 aromatic carbocycles. The van der Waals surface area contributed by atoms with Crippen molar-refractivity contribution in [2.75, 3.05) is 13.2 Å². The van der Waals surface area contributed by atoms with E-state index in [-0.39, 0.29) is 26.0 Å². The lowest BCUT2D eigenvalue weighted by Crippen LogP contribution is -2.46. The first-order chi connectivity index (χ1) is 17.7. The predicted octanol–water partition coefficient (Wildman–Crippen LogP) is 5.60. The molecule has 7 heteroatoms. The number of rotatable bonds is 20. The van der Waals surface area contributed by atoms with E-state index in [1.54, 1.807) is 19.9 Å². The second kappa shape index (κ2) is 22.0. The van der Waals surface area contributed by atoms with E-state index in [9.17, 15) is 19.5 Å². The Hall–Kier alpha value is -3.19. The van der Waals surface area contributed by atoms with E-state index in [4.69, 9.17) is 9.84 Å². The molecule has 0 aromatic rings. The van der Waals surface area contributed by atoms with Crippen LogP contribution in [0.1, 0.15) is 72.1 Å². The predicted molar refractivity (Wildman–Crippen MR) is 149 cm³/mol. The molecule has 0 unspecified atom stereocenters. The molecule has 0 heterocycles. The summed E-state index contributed by atoms with van der Waals surface area (Å²) in [6, 6.07) is 0. The number of aliphatic hydroxyl groups excluding tert-OH is 1. The number of hydrogen-bond donors (Lipinski definition) is 3. The summed E-state index contributed by atoms with van der Waals surface area (Å²) in [5.74, 6) is -2.19. The van der Waals surface area contributed by atoms with Gasteiger partial charge in [0, 0.05) is 12.0 Å². The Bertz CT molecular complexity index is 833. The summed E-state index contributed by atoms with van der Waals surface area (Å²) < 4.78 is 5.19. The zero-order valence-electron chi connectivity index (χ0n) is 22.6. The highest BCUT2D eigenvalue weighted by atomic mass is 16.5. The van der Waals surface area contributed by atoms with E-state index in [2.05, 4.69) is 66.9 Å². The van der Waals surface area contributed by atoms with Crippen molar-refractivity contribution in [2.24, 2.45) is 5.41 Å². The Labute approximate surface area is 222 Å². The minimum absolute atomic E-state index is 0.0796. The average molecular weight is 516 g/mol. The van der Waals surface area contributed by atoms with Gasteiger partial charge in [0.2, 0.25) is 5.91 Å². The third-order valence-corrected chi connectivity index (χ3v) is 5.11. The molecule has 0 saturated carbocycles. The van der Waals surface area contributed by atoms with Gasteiger partial charge in [-0.1, -0.05) is 93.7 Å². The second-order valence-electron chi connectivity index (χ2n) is 9.11. The van der Waals surface area contributed by atoms with E-state index in [1.807, 2.05) is 12.2 Å². The molecule has 0 rings (SSSR count). The first-order valence-electron chi connectivity index (χ1n) is 12.9. The van der Waals surface area contributed by atoms with E-state index >= 15 is 0 Å². The van der Waals surface area contributed by atoms with Crippen LogP contribution in [0, 0.1) is 5.41 Å². The van der Waals surface area contributed by atoms with Crippen LogP contribution in [0.15, 0.2) is 72.9 Å². The van der Waals surface area contributed by atoms with Crippen LogP contribution in [0.25, 0.3) is 0 Å². The standard InChI is InChI=1S/C30H45NO6/c1-4-5-6-7-8-9-10-11-12-13-14-15-16-17-18-19-20-21-22-27(34)37-25-30(2,3)28(35)29(36)31-24-23-26(32)33/h5-6,8-9,11-12,14-15,17-18,20-21,28,35H,4,7,10,13,16,19,22-25H2,1-3H3,(H,31,36)(H,32,33)/b6-5-,9-8-,12-11-,15-14-,18-17-,21-20-/t28-/m0/s1. The van der Waals surface area contributed by atoms with Gasteiger partial charge in [0.15, 0.2) is 0 Å². The maximum atomic E-state index is 11.9. The van der Waals surface area contributed by atoms with Gasteiger partial charge in [-0.3, -0.25) is 14.4 Å². The summed E-state index contributed by atoms with van der Waals surface area (Å²) in [6.45, 7) is 5.11. The largest absolute Gasteiger partial charge is 0.481 e. The van der Waals surface area contributed by atoms with Crippen molar-refractivity contribution >= 4 is 17.8 Å². The van der Waals surface area contributed by atoms with Crippen molar-refractivity contribution < 1.29 is 29.3 Å². The van der Waals surface area contributed by atoms with Crippen molar-refractivity contribution in [3.63, 3.8) is 0 Å². The first kappa shape index (κ1) is 33.8. The number of carbonyl (C=O) groups is 3. The highest BCUT2D eigenvalue weighted by Gasteiger charge is 2.34. The number of carbonyl (C=O) groups excluding carboxylic acids is 2. The van der Waals surface area contributed by atoms with Gasteiger partial charge in [0.25, 0.3) is 0 Å². The quantitative estimate of drug-likeness (QED) is 0.144. The summed E-state index contributed by atoms with van der Waals surface area (Å²) >= 11 is 0. The van der Waals surface area contributed by atoms with Gasteiger partial charge in [-0.05, 0) is 38.5 Å². The number of carboxylic acids is 1. The number of hydrogen-bond acceptors (Lipinski definition) is 5. The molecule has 37 heavy (non-hydrogen) atoms. The molecule has 7 nitrogen and oxygen atoms in total. The SMILES string of the molecule is CC/C=C\C/C=C\C/C=C\C/C=C\C/C=C\C/C=C\CC(=O)OCC(C)(C)[C@@H](O)C(=O)NCCC(=O)O. The first-order valence-corrected chi connectivity index (χ1v) is 12.9. The summed E-state index contributed by atoms with van der Waals surface area (Å²) in [7, 11) is 0. The Kier molecular flexibility index (Phi) is 20.1. The number of allylic oxidation sites excluding steroid dienone is 11. The van der Waals surface area contributed by atoms with Gasteiger partial charge in [-0.2, -0.15) is 0 Å². The van der Waals surface area contributed by atoms with E-state index in [0.29, 0.717) is 6.42 Å². The fraction of sp³-hybridized carbons (Fsp3) is 0.500.